The third kappa shape index (κ3) is 5.59. The van der Waals surface area contributed by atoms with Crippen molar-refractivity contribution in [2.24, 2.45) is 0 Å². The molecular formula is C30H34F2N8O2. The summed E-state index contributed by atoms with van der Waals surface area (Å²) in [6.07, 6.45) is 1.24. The van der Waals surface area contributed by atoms with Gasteiger partial charge in [-0.3, -0.25) is 4.79 Å². The standard InChI is InChI=1S/C30H34F2N8O2/c1-19-16-22-26(32)24(17-23(31)27(22)35-19)42-29-25(30(41)40-14-10-38(3)11-15-40)28(33-18-34-29)36-20-4-6-21(7-5-20)39-12-8-37(2)9-13-39/h4-7,16-18,35H,8-15H2,1-3H3,(H,33,34,36). The number of anilines is 3. The Kier molecular flexibility index (Phi) is 7.65. The minimum atomic E-state index is -0.749. The highest BCUT2D eigenvalue weighted by Crippen LogP contribution is 2.35. The zero-order valence-corrected chi connectivity index (χ0v) is 24.0. The Morgan fingerprint density at radius 2 is 1.60 bits per heavy atom. The molecule has 0 spiro atoms. The number of nitrogens with zero attached hydrogens (tertiary/aromatic N) is 6. The molecule has 2 aromatic carbocycles. The minimum absolute atomic E-state index is 0.0513. The average molecular weight is 577 g/mol. The summed E-state index contributed by atoms with van der Waals surface area (Å²) < 4.78 is 36.2. The molecule has 0 saturated carbocycles. The highest BCUT2D eigenvalue weighted by atomic mass is 19.1. The Hall–Kier alpha value is -4.29. The smallest absolute Gasteiger partial charge is 0.263 e. The van der Waals surface area contributed by atoms with Crippen molar-refractivity contribution < 1.29 is 18.3 Å². The molecule has 2 saturated heterocycles. The van der Waals surface area contributed by atoms with Gasteiger partial charge in [0.05, 0.1) is 5.52 Å². The zero-order chi connectivity index (χ0) is 29.4. The molecule has 0 bridgehead atoms. The van der Waals surface area contributed by atoms with Crippen molar-refractivity contribution >= 4 is 34.0 Å². The monoisotopic (exact) mass is 576 g/mol. The summed E-state index contributed by atoms with van der Waals surface area (Å²) >= 11 is 0. The van der Waals surface area contributed by atoms with Crippen molar-refractivity contribution in [2.45, 2.75) is 6.92 Å². The molecule has 0 aliphatic carbocycles. The molecule has 2 aliphatic rings. The van der Waals surface area contributed by atoms with E-state index in [1.807, 2.05) is 31.3 Å². The minimum Gasteiger partial charge on any atom is -0.435 e. The summed E-state index contributed by atoms with van der Waals surface area (Å²) in [7, 11) is 4.12. The molecule has 2 aliphatic heterocycles. The summed E-state index contributed by atoms with van der Waals surface area (Å²) in [6, 6.07) is 10.4. The number of ether oxygens (including phenoxy) is 1. The van der Waals surface area contributed by atoms with Crippen molar-refractivity contribution in [3.8, 4) is 11.6 Å². The fourth-order valence-corrected chi connectivity index (χ4v) is 5.37. The second kappa shape index (κ2) is 11.5. The number of rotatable bonds is 6. The number of amides is 1. The molecular weight excluding hydrogens is 542 g/mol. The number of likely N-dealkylation sites (N-methyl/N-ethyl adjacent to an activating group) is 2. The first kappa shape index (κ1) is 27.9. The van der Waals surface area contributed by atoms with Crippen LogP contribution in [0.1, 0.15) is 16.1 Å². The van der Waals surface area contributed by atoms with Crippen LogP contribution in [0.4, 0.5) is 26.0 Å². The number of piperazine rings is 2. The van der Waals surface area contributed by atoms with E-state index in [1.165, 1.54) is 12.4 Å². The van der Waals surface area contributed by atoms with Crippen LogP contribution in [0.25, 0.3) is 10.9 Å². The molecule has 4 heterocycles. The van der Waals surface area contributed by atoms with Crippen LogP contribution in [-0.4, -0.2) is 102 Å². The van der Waals surface area contributed by atoms with Crippen molar-refractivity contribution in [1.29, 1.82) is 0 Å². The molecule has 6 rings (SSSR count). The summed E-state index contributed by atoms with van der Waals surface area (Å²) in [5.74, 6) is -2.08. The van der Waals surface area contributed by atoms with Crippen LogP contribution in [0.2, 0.25) is 0 Å². The SMILES string of the molecule is Cc1cc2c(F)c(Oc3ncnc(Nc4ccc(N5CCN(C)CC5)cc4)c3C(=O)N3CCN(C)CC3)cc(F)c2[nH]1. The van der Waals surface area contributed by atoms with Gasteiger partial charge < -0.3 is 34.6 Å². The number of hydrogen-bond donors (Lipinski definition) is 2. The van der Waals surface area contributed by atoms with Gasteiger partial charge in [0.15, 0.2) is 23.2 Å². The van der Waals surface area contributed by atoms with Crippen LogP contribution >= 0.6 is 0 Å². The summed E-state index contributed by atoms with van der Waals surface area (Å²) in [5, 5.41) is 3.29. The van der Waals surface area contributed by atoms with Crippen LogP contribution in [0.3, 0.4) is 0 Å². The topological polar surface area (TPSA) is 92.9 Å². The summed E-state index contributed by atoms with van der Waals surface area (Å²) in [4.78, 5) is 33.8. The molecule has 2 aromatic heterocycles. The molecule has 220 valence electrons. The van der Waals surface area contributed by atoms with Crippen molar-refractivity contribution in [2.75, 3.05) is 76.7 Å². The number of halogens is 2. The van der Waals surface area contributed by atoms with Gasteiger partial charge in [-0.1, -0.05) is 0 Å². The zero-order valence-electron chi connectivity index (χ0n) is 24.0. The van der Waals surface area contributed by atoms with E-state index in [9.17, 15) is 9.18 Å². The van der Waals surface area contributed by atoms with E-state index in [1.54, 1.807) is 11.8 Å². The molecule has 2 N–H and O–H groups in total. The molecule has 42 heavy (non-hydrogen) atoms. The highest BCUT2D eigenvalue weighted by molar-refractivity contribution is 6.01. The van der Waals surface area contributed by atoms with E-state index in [0.29, 0.717) is 37.6 Å². The van der Waals surface area contributed by atoms with Gasteiger partial charge in [-0.15, -0.1) is 0 Å². The van der Waals surface area contributed by atoms with E-state index in [2.05, 4.69) is 42.0 Å². The average Bonchev–Trinajstić information content (AvgIpc) is 3.39. The number of carbonyl (C=O) groups is 1. The lowest BCUT2D eigenvalue weighted by Gasteiger charge is -2.34. The largest absolute Gasteiger partial charge is 0.435 e. The maximum absolute atomic E-state index is 15.5. The first-order valence-electron chi connectivity index (χ1n) is 14.1. The molecule has 10 nitrogen and oxygen atoms in total. The van der Waals surface area contributed by atoms with Crippen LogP contribution in [0, 0.1) is 18.6 Å². The first-order chi connectivity index (χ1) is 20.3. The van der Waals surface area contributed by atoms with Gasteiger partial charge in [-0.25, -0.2) is 18.7 Å². The summed E-state index contributed by atoms with van der Waals surface area (Å²) in [6.45, 7) is 8.03. The molecule has 0 atom stereocenters. The predicted molar refractivity (Wildman–Crippen MR) is 158 cm³/mol. The molecule has 1 amide bonds. The maximum Gasteiger partial charge on any atom is 0.263 e. The van der Waals surface area contributed by atoms with E-state index >= 15 is 4.39 Å². The third-order valence-corrected chi connectivity index (χ3v) is 7.92. The normalized spacial score (nSPS) is 16.7. The maximum atomic E-state index is 15.5. The van der Waals surface area contributed by atoms with Crippen LogP contribution in [-0.2, 0) is 0 Å². The van der Waals surface area contributed by atoms with Crippen molar-refractivity contribution in [1.82, 2.24) is 29.7 Å². The van der Waals surface area contributed by atoms with E-state index in [4.69, 9.17) is 4.74 Å². The lowest BCUT2D eigenvalue weighted by molar-refractivity contribution is 0.0661. The van der Waals surface area contributed by atoms with E-state index in [-0.39, 0.29) is 39.8 Å². The number of aromatic amines is 1. The number of aryl methyl sites for hydroxylation is 1. The number of aromatic nitrogens is 3. The molecule has 12 heteroatoms. The Morgan fingerprint density at radius 3 is 2.29 bits per heavy atom. The summed E-state index contributed by atoms with van der Waals surface area (Å²) in [5.41, 5.74) is 2.54. The third-order valence-electron chi connectivity index (χ3n) is 7.92. The number of nitrogens with one attached hydrogen (secondary N) is 2. The number of H-pyrrole nitrogens is 1. The fraction of sp³-hybridized carbons (Fsp3) is 0.367. The van der Waals surface area contributed by atoms with Gasteiger partial charge in [0, 0.05) is 80.9 Å². The molecule has 0 unspecified atom stereocenters. The lowest BCUT2D eigenvalue weighted by Crippen LogP contribution is -2.47. The van der Waals surface area contributed by atoms with Gasteiger partial charge in [0.25, 0.3) is 5.91 Å². The second-order valence-electron chi connectivity index (χ2n) is 11.0. The van der Waals surface area contributed by atoms with Gasteiger partial charge in [-0.05, 0) is 51.4 Å². The Labute approximate surface area is 242 Å². The van der Waals surface area contributed by atoms with Crippen LogP contribution < -0.4 is 15.0 Å². The fourth-order valence-electron chi connectivity index (χ4n) is 5.37. The highest BCUT2D eigenvalue weighted by Gasteiger charge is 2.29. The number of benzene rings is 2. The quantitative estimate of drug-likeness (QED) is 0.353. The van der Waals surface area contributed by atoms with E-state index < -0.39 is 11.6 Å². The number of carbonyl (C=O) groups excluding carboxylic acids is 1. The molecule has 4 aromatic rings. The van der Waals surface area contributed by atoms with Gasteiger partial charge in [0.1, 0.15) is 11.9 Å². The Balaban J connectivity index is 1.33. The van der Waals surface area contributed by atoms with E-state index in [0.717, 1.165) is 37.9 Å². The Bertz CT molecular complexity index is 1590. The number of hydrogen-bond acceptors (Lipinski definition) is 8. The molecule has 2 fully saturated rings. The molecule has 0 radical (unpaired) electrons. The van der Waals surface area contributed by atoms with Gasteiger partial charge >= 0.3 is 0 Å². The number of fused-ring (bicyclic) bond motifs is 1. The first-order valence-corrected chi connectivity index (χ1v) is 14.1. The van der Waals surface area contributed by atoms with Crippen LogP contribution in [0.15, 0.2) is 42.7 Å². The van der Waals surface area contributed by atoms with Gasteiger partial charge in [-0.2, -0.15) is 0 Å². The van der Waals surface area contributed by atoms with Crippen molar-refractivity contribution in [3.05, 3.63) is 65.6 Å². The van der Waals surface area contributed by atoms with Crippen LogP contribution in [0.5, 0.6) is 11.6 Å². The van der Waals surface area contributed by atoms with Crippen molar-refractivity contribution in [3.63, 3.8) is 0 Å². The Morgan fingerprint density at radius 1 is 0.929 bits per heavy atom. The second-order valence-corrected chi connectivity index (χ2v) is 11.0. The van der Waals surface area contributed by atoms with Gasteiger partial charge in [0.2, 0.25) is 5.88 Å². The lowest BCUT2D eigenvalue weighted by atomic mass is 10.2. The predicted octanol–water partition coefficient (Wildman–Crippen LogP) is 4.22.